The number of anilines is 1. The number of carbonyl (C=O) groups is 2. The minimum Gasteiger partial charge on any atom is -0.493 e. The number of aryl methyl sites for hydroxylation is 1. The summed E-state index contributed by atoms with van der Waals surface area (Å²) in [4.78, 5) is 25.9. The Morgan fingerprint density at radius 1 is 1.14 bits per heavy atom. The second-order valence-electron chi connectivity index (χ2n) is 6.47. The maximum Gasteiger partial charge on any atom is 0.341 e. The predicted molar refractivity (Wildman–Crippen MR) is 117 cm³/mol. The SMILES string of the molecule is COC(=O)c1c(NC(=O)C=Cc2cc(Br)c(OC)c(OC)c2)sc2c1CCCC2. The monoisotopic (exact) mass is 479 g/mol. The van der Waals surface area contributed by atoms with Crippen LogP contribution in [0.5, 0.6) is 11.5 Å². The zero-order chi connectivity index (χ0) is 21.0. The third-order valence-corrected chi connectivity index (χ3v) is 6.48. The van der Waals surface area contributed by atoms with Crippen molar-refractivity contribution in [2.24, 2.45) is 0 Å². The Balaban J connectivity index is 1.82. The average molecular weight is 480 g/mol. The lowest BCUT2D eigenvalue weighted by molar-refractivity contribution is -0.111. The fourth-order valence-electron chi connectivity index (χ4n) is 3.33. The summed E-state index contributed by atoms with van der Waals surface area (Å²) in [5, 5.41) is 3.39. The molecule has 0 spiro atoms. The normalized spacial score (nSPS) is 13.1. The van der Waals surface area contributed by atoms with Crippen LogP contribution in [0.25, 0.3) is 6.08 Å². The molecule has 3 rings (SSSR count). The molecule has 0 atom stereocenters. The molecule has 0 bridgehead atoms. The Hall–Kier alpha value is -2.32. The Morgan fingerprint density at radius 3 is 2.59 bits per heavy atom. The van der Waals surface area contributed by atoms with Crippen LogP contribution in [-0.4, -0.2) is 33.2 Å². The van der Waals surface area contributed by atoms with E-state index in [9.17, 15) is 9.59 Å². The number of methoxy groups -OCH3 is 3. The van der Waals surface area contributed by atoms with Crippen molar-refractivity contribution >= 4 is 50.2 Å². The van der Waals surface area contributed by atoms with Crippen molar-refractivity contribution in [2.75, 3.05) is 26.6 Å². The lowest BCUT2D eigenvalue weighted by atomic mass is 9.95. The van der Waals surface area contributed by atoms with E-state index in [1.165, 1.54) is 24.5 Å². The molecule has 1 N–H and O–H groups in total. The van der Waals surface area contributed by atoms with Gasteiger partial charge in [-0.05, 0) is 70.9 Å². The van der Waals surface area contributed by atoms with Gasteiger partial charge in [0.05, 0.1) is 31.4 Å². The van der Waals surface area contributed by atoms with Crippen LogP contribution in [0.4, 0.5) is 5.00 Å². The Labute approximate surface area is 182 Å². The second-order valence-corrected chi connectivity index (χ2v) is 8.43. The van der Waals surface area contributed by atoms with Crippen molar-refractivity contribution in [3.63, 3.8) is 0 Å². The number of esters is 1. The Bertz CT molecular complexity index is 966. The second kappa shape index (κ2) is 9.45. The van der Waals surface area contributed by atoms with E-state index >= 15 is 0 Å². The minimum absolute atomic E-state index is 0.320. The number of rotatable bonds is 6. The highest BCUT2D eigenvalue weighted by atomic mass is 79.9. The van der Waals surface area contributed by atoms with Gasteiger partial charge in [0.15, 0.2) is 11.5 Å². The number of benzene rings is 1. The number of halogens is 1. The highest BCUT2D eigenvalue weighted by Gasteiger charge is 2.26. The number of carbonyl (C=O) groups excluding carboxylic acids is 2. The van der Waals surface area contributed by atoms with Crippen LogP contribution in [0.3, 0.4) is 0 Å². The van der Waals surface area contributed by atoms with Gasteiger partial charge in [0.2, 0.25) is 5.91 Å². The molecule has 0 fully saturated rings. The van der Waals surface area contributed by atoms with E-state index in [4.69, 9.17) is 14.2 Å². The molecule has 0 radical (unpaired) electrons. The van der Waals surface area contributed by atoms with Crippen molar-refractivity contribution in [2.45, 2.75) is 25.7 Å². The summed E-state index contributed by atoms with van der Waals surface area (Å²) in [6, 6.07) is 3.60. The van der Waals surface area contributed by atoms with Crippen LogP contribution >= 0.6 is 27.3 Å². The van der Waals surface area contributed by atoms with E-state index in [0.717, 1.165) is 46.2 Å². The third kappa shape index (κ3) is 4.64. The van der Waals surface area contributed by atoms with Gasteiger partial charge in [-0.25, -0.2) is 4.79 Å². The van der Waals surface area contributed by atoms with E-state index in [0.29, 0.717) is 22.1 Å². The first-order chi connectivity index (χ1) is 14.0. The highest BCUT2D eigenvalue weighted by molar-refractivity contribution is 9.10. The zero-order valence-electron chi connectivity index (χ0n) is 16.5. The van der Waals surface area contributed by atoms with E-state index in [-0.39, 0.29) is 5.91 Å². The molecule has 1 aromatic heterocycles. The smallest absolute Gasteiger partial charge is 0.341 e. The van der Waals surface area contributed by atoms with Gasteiger partial charge in [0, 0.05) is 11.0 Å². The molecule has 2 aromatic rings. The van der Waals surface area contributed by atoms with Crippen LogP contribution < -0.4 is 14.8 Å². The van der Waals surface area contributed by atoms with E-state index in [2.05, 4.69) is 21.2 Å². The van der Waals surface area contributed by atoms with Crippen LogP contribution in [0.2, 0.25) is 0 Å². The molecule has 0 saturated heterocycles. The van der Waals surface area contributed by atoms with Gasteiger partial charge >= 0.3 is 5.97 Å². The van der Waals surface area contributed by atoms with Gasteiger partial charge < -0.3 is 19.5 Å². The first kappa shape index (κ1) is 21.4. The summed E-state index contributed by atoms with van der Waals surface area (Å²) in [7, 11) is 4.47. The number of amides is 1. The molecule has 154 valence electrons. The van der Waals surface area contributed by atoms with E-state index < -0.39 is 5.97 Å². The number of hydrogen-bond donors (Lipinski definition) is 1. The van der Waals surface area contributed by atoms with Gasteiger partial charge in [-0.3, -0.25) is 4.79 Å². The van der Waals surface area contributed by atoms with E-state index in [1.807, 2.05) is 6.07 Å². The summed E-state index contributed by atoms with van der Waals surface area (Å²) >= 11 is 4.89. The lowest BCUT2D eigenvalue weighted by Crippen LogP contribution is -2.13. The van der Waals surface area contributed by atoms with Gasteiger partial charge in [-0.15, -0.1) is 11.3 Å². The molecule has 1 heterocycles. The molecule has 1 aromatic carbocycles. The number of nitrogens with one attached hydrogen (secondary N) is 1. The van der Waals surface area contributed by atoms with Crippen LogP contribution in [0, 0.1) is 0 Å². The average Bonchev–Trinajstić information content (AvgIpc) is 3.08. The topological polar surface area (TPSA) is 73.9 Å². The summed E-state index contributed by atoms with van der Waals surface area (Å²) in [6.45, 7) is 0. The first-order valence-corrected chi connectivity index (χ1v) is 10.7. The number of fused-ring (bicyclic) bond motifs is 1. The van der Waals surface area contributed by atoms with Gasteiger partial charge in [0.1, 0.15) is 5.00 Å². The van der Waals surface area contributed by atoms with Crippen LogP contribution in [-0.2, 0) is 22.4 Å². The van der Waals surface area contributed by atoms with Crippen LogP contribution in [0.1, 0.15) is 39.2 Å². The van der Waals surface area contributed by atoms with Crippen molar-refractivity contribution in [1.82, 2.24) is 0 Å². The van der Waals surface area contributed by atoms with Gasteiger partial charge in [-0.2, -0.15) is 0 Å². The molecule has 1 amide bonds. The molecule has 6 nitrogen and oxygen atoms in total. The lowest BCUT2D eigenvalue weighted by Gasteiger charge is -2.11. The fraction of sp³-hybridized carbons (Fsp3) is 0.333. The van der Waals surface area contributed by atoms with Gasteiger partial charge in [0.25, 0.3) is 0 Å². The third-order valence-electron chi connectivity index (χ3n) is 4.68. The van der Waals surface area contributed by atoms with Crippen molar-refractivity contribution in [3.8, 4) is 11.5 Å². The molecule has 8 heteroatoms. The number of thiophene rings is 1. The Morgan fingerprint density at radius 2 is 1.90 bits per heavy atom. The summed E-state index contributed by atoms with van der Waals surface area (Å²) in [5.74, 6) is 0.411. The number of hydrogen-bond acceptors (Lipinski definition) is 6. The minimum atomic E-state index is -0.410. The Kier molecular flexibility index (Phi) is 6.97. The predicted octanol–water partition coefficient (Wildman–Crippen LogP) is 4.85. The highest BCUT2D eigenvalue weighted by Crippen LogP contribution is 2.39. The maximum absolute atomic E-state index is 12.5. The maximum atomic E-state index is 12.5. The number of ether oxygens (including phenoxy) is 3. The zero-order valence-corrected chi connectivity index (χ0v) is 18.9. The standard InChI is InChI=1S/C21H22BrNO5S/c1-26-15-11-12(10-14(22)19(15)27-2)8-9-17(24)23-20-18(21(25)28-3)13-6-4-5-7-16(13)29-20/h8-11H,4-7H2,1-3H3,(H,23,24). The van der Waals surface area contributed by atoms with Crippen molar-refractivity contribution < 1.29 is 23.8 Å². The molecule has 1 aliphatic carbocycles. The first-order valence-electron chi connectivity index (χ1n) is 9.12. The summed E-state index contributed by atoms with van der Waals surface area (Å²) in [5.41, 5.74) is 2.27. The molecule has 0 aliphatic heterocycles. The van der Waals surface area contributed by atoms with Crippen LogP contribution in [0.15, 0.2) is 22.7 Å². The summed E-state index contributed by atoms with van der Waals surface area (Å²) < 4.78 is 16.3. The molecular weight excluding hydrogens is 458 g/mol. The van der Waals surface area contributed by atoms with Crippen molar-refractivity contribution in [3.05, 3.63) is 44.2 Å². The molecule has 0 unspecified atom stereocenters. The molecule has 29 heavy (non-hydrogen) atoms. The van der Waals surface area contributed by atoms with Crippen molar-refractivity contribution in [1.29, 1.82) is 0 Å². The molecule has 0 saturated carbocycles. The molecular formula is C21H22BrNO5S. The van der Waals surface area contributed by atoms with E-state index in [1.54, 1.807) is 26.4 Å². The largest absolute Gasteiger partial charge is 0.493 e. The quantitative estimate of drug-likeness (QED) is 0.473. The molecule has 1 aliphatic rings. The summed E-state index contributed by atoms with van der Waals surface area (Å²) in [6.07, 6.45) is 6.99. The van der Waals surface area contributed by atoms with Gasteiger partial charge in [-0.1, -0.05) is 0 Å². The fourth-order valence-corrected chi connectivity index (χ4v) is 5.23.